The van der Waals surface area contributed by atoms with Crippen LogP contribution in [0.4, 0.5) is 11.4 Å². The highest BCUT2D eigenvalue weighted by Gasteiger charge is 2.42. The van der Waals surface area contributed by atoms with E-state index in [1.165, 1.54) is 7.11 Å². The maximum atomic E-state index is 11.8. The van der Waals surface area contributed by atoms with Crippen LogP contribution in [0.5, 0.6) is 5.75 Å². The van der Waals surface area contributed by atoms with Gasteiger partial charge in [-0.1, -0.05) is 6.07 Å². The molecule has 0 spiro atoms. The molecular formula is C25H31N5O4S2. The van der Waals surface area contributed by atoms with Crippen LogP contribution in [0.3, 0.4) is 0 Å². The Morgan fingerprint density at radius 2 is 1.94 bits per heavy atom. The Balaban J connectivity index is 1.84. The second-order valence-electron chi connectivity index (χ2n) is 8.73. The molecule has 3 heterocycles. The third-order valence-corrected chi connectivity index (χ3v) is 7.21. The van der Waals surface area contributed by atoms with Crippen molar-refractivity contribution in [3.8, 4) is 5.75 Å². The standard InChI is InChI=1S/C25H31N5O4S2/c1-16-14-19(17(2)29(16)12-13-33-3)24-23(21-8-6-7-11-26-21)27-25(35)30(24)18-9-10-20(22(15-18)34-4)28-36(5,31)32/h6-11,14-15,23-24,28H,12-13H2,1-5H3,(H,27,35)/t23-,24+/m1/s1. The number of thiocarbonyl (C=S) groups is 1. The van der Waals surface area contributed by atoms with Crippen LogP contribution in [0.1, 0.15) is 34.7 Å². The van der Waals surface area contributed by atoms with E-state index in [2.05, 4.69) is 39.5 Å². The lowest BCUT2D eigenvalue weighted by atomic mass is 9.96. The van der Waals surface area contributed by atoms with Gasteiger partial charge in [0.05, 0.1) is 43.4 Å². The molecule has 3 aromatic rings. The van der Waals surface area contributed by atoms with Crippen LogP contribution >= 0.6 is 12.2 Å². The van der Waals surface area contributed by atoms with Crippen molar-refractivity contribution in [2.24, 2.45) is 0 Å². The fraction of sp³-hybridized carbons (Fsp3) is 0.360. The number of methoxy groups -OCH3 is 2. The largest absolute Gasteiger partial charge is 0.494 e. The van der Waals surface area contributed by atoms with Gasteiger partial charge in [0.1, 0.15) is 5.75 Å². The zero-order chi connectivity index (χ0) is 26.0. The Kier molecular flexibility index (Phi) is 7.53. The maximum absolute atomic E-state index is 11.8. The quantitative estimate of drug-likeness (QED) is 0.405. The van der Waals surface area contributed by atoms with Gasteiger partial charge in [0.15, 0.2) is 5.11 Å². The molecule has 192 valence electrons. The molecule has 1 aliphatic rings. The first-order valence-electron chi connectivity index (χ1n) is 11.5. The number of nitrogens with zero attached hydrogens (tertiary/aromatic N) is 3. The van der Waals surface area contributed by atoms with Gasteiger partial charge in [-0.05, 0) is 62.0 Å². The summed E-state index contributed by atoms with van der Waals surface area (Å²) in [7, 11) is -0.267. The van der Waals surface area contributed by atoms with E-state index < -0.39 is 10.0 Å². The van der Waals surface area contributed by atoms with E-state index in [9.17, 15) is 8.42 Å². The van der Waals surface area contributed by atoms with E-state index in [0.29, 0.717) is 23.2 Å². The molecule has 2 N–H and O–H groups in total. The van der Waals surface area contributed by atoms with Gasteiger partial charge in [-0.2, -0.15) is 0 Å². The van der Waals surface area contributed by atoms with E-state index in [1.807, 2.05) is 29.2 Å². The summed E-state index contributed by atoms with van der Waals surface area (Å²) in [6, 6.07) is 12.9. The topological polar surface area (TPSA) is 97.7 Å². The number of anilines is 2. The number of aromatic nitrogens is 2. The third-order valence-electron chi connectivity index (χ3n) is 6.31. The molecule has 0 bridgehead atoms. The third kappa shape index (κ3) is 5.18. The van der Waals surface area contributed by atoms with Gasteiger partial charge < -0.3 is 24.3 Å². The van der Waals surface area contributed by atoms with Crippen LogP contribution in [0.2, 0.25) is 0 Å². The second kappa shape index (κ2) is 10.5. The minimum absolute atomic E-state index is 0.199. The Hall–Kier alpha value is -3.15. The Morgan fingerprint density at radius 3 is 2.58 bits per heavy atom. The van der Waals surface area contributed by atoms with E-state index in [0.717, 1.165) is 41.1 Å². The van der Waals surface area contributed by atoms with Gasteiger partial charge in [-0.15, -0.1) is 0 Å². The fourth-order valence-electron chi connectivity index (χ4n) is 4.72. The Morgan fingerprint density at radius 1 is 1.17 bits per heavy atom. The van der Waals surface area contributed by atoms with Crippen LogP contribution in [0.25, 0.3) is 0 Å². The molecule has 0 amide bonds. The van der Waals surface area contributed by atoms with Gasteiger partial charge >= 0.3 is 0 Å². The minimum atomic E-state index is -3.47. The van der Waals surface area contributed by atoms with Crippen molar-refractivity contribution >= 4 is 38.7 Å². The predicted octanol–water partition coefficient (Wildman–Crippen LogP) is 3.70. The molecule has 0 aliphatic carbocycles. The van der Waals surface area contributed by atoms with Crippen LogP contribution in [-0.4, -0.2) is 50.2 Å². The van der Waals surface area contributed by atoms with Crippen LogP contribution in [0, 0.1) is 13.8 Å². The first-order valence-corrected chi connectivity index (χ1v) is 13.8. The second-order valence-corrected chi connectivity index (χ2v) is 10.9. The normalized spacial score (nSPS) is 17.8. The highest BCUT2D eigenvalue weighted by Crippen LogP contribution is 2.44. The van der Waals surface area contributed by atoms with Crippen molar-refractivity contribution in [1.29, 1.82) is 0 Å². The summed E-state index contributed by atoms with van der Waals surface area (Å²) in [5.41, 5.74) is 5.36. The lowest BCUT2D eigenvalue weighted by Gasteiger charge is -2.29. The SMILES string of the molecule is COCCn1c(C)cc([C@H]2[C@@H](c3ccccn3)NC(=S)N2c2ccc(NS(C)(=O)=O)c(OC)c2)c1C. The summed E-state index contributed by atoms with van der Waals surface area (Å²) in [6.45, 7) is 5.54. The van der Waals surface area contributed by atoms with Crippen LogP contribution in [0.15, 0.2) is 48.7 Å². The van der Waals surface area contributed by atoms with Crippen molar-refractivity contribution in [3.05, 3.63) is 71.3 Å². The zero-order valence-electron chi connectivity index (χ0n) is 21.0. The number of aryl methyl sites for hydroxylation is 1. The Labute approximate surface area is 217 Å². The minimum Gasteiger partial charge on any atom is -0.494 e. The molecule has 2 atom stereocenters. The molecule has 1 aliphatic heterocycles. The molecule has 36 heavy (non-hydrogen) atoms. The summed E-state index contributed by atoms with van der Waals surface area (Å²) in [5.74, 6) is 0.395. The monoisotopic (exact) mass is 529 g/mol. The molecule has 1 aromatic carbocycles. The number of sulfonamides is 1. The number of rotatable bonds is 9. The van der Waals surface area contributed by atoms with E-state index in [1.54, 1.807) is 25.4 Å². The average Bonchev–Trinajstić information content (AvgIpc) is 3.32. The predicted molar refractivity (Wildman–Crippen MR) is 145 cm³/mol. The zero-order valence-corrected chi connectivity index (χ0v) is 22.6. The maximum Gasteiger partial charge on any atom is 0.229 e. The molecule has 1 fully saturated rings. The van der Waals surface area contributed by atoms with Crippen molar-refractivity contribution in [3.63, 3.8) is 0 Å². The molecule has 1 saturated heterocycles. The molecule has 2 aromatic heterocycles. The van der Waals surface area contributed by atoms with Gasteiger partial charge in [-0.3, -0.25) is 9.71 Å². The van der Waals surface area contributed by atoms with E-state index in [4.69, 9.17) is 21.7 Å². The molecule has 11 heteroatoms. The molecule has 0 radical (unpaired) electrons. The number of hydrogen-bond acceptors (Lipinski definition) is 6. The highest BCUT2D eigenvalue weighted by molar-refractivity contribution is 7.92. The molecular weight excluding hydrogens is 498 g/mol. The van der Waals surface area contributed by atoms with Gasteiger partial charge in [-0.25, -0.2) is 8.42 Å². The number of nitrogens with one attached hydrogen (secondary N) is 2. The molecule has 4 rings (SSSR count). The van der Waals surface area contributed by atoms with E-state index in [-0.39, 0.29) is 12.1 Å². The van der Waals surface area contributed by atoms with Crippen molar-refractivity contribution < 1.29 is 17.9 Å². The fourth-order valence-corrected chi connectivity index (χ4v) is 5.63. The van der Waals surface area contributed by atoms with Gasteiger partial charge in [0, 0.05) is 43.0 Å². The van der Waals surface area contributed by atoms with Crippen LogP contribution < -0.4 is 19.7 Å². The van der Waals surface area contributed by atoms with E-state index >= 15 is 0 Å². The van der Waals surface area contributed by atoms with Crippen molar-refractivity contribution in [2.45, 2.75) is 32.5 Å². The van der Waals surface area contributed by atoms with Crippen molar-refractivity contribution in [1.82, 2.24) is 14.9 Å². The average molecular weight is 530 g/mol. The molecule has 9 nitrogen and oxygen atoms in total. The summed E-state index contributed by atoms with van der Waals surface area (Å²) in [4.78, 5) is 6.66. The number of pyridine rings is 1. The summed E-state index contributed by atoms with van der Waals surface area (Å²) in [5, 5.41) is 4.01. The number of benzene rings is 1. The molecule has 0 saturated carbocycles. The number of ether oxygens (including phenoxy) is 2. The van der Waals surface area contributed by atoms with Gasteiger partial charge in [0.25, 0.3) is 0 Å². The lowest BCUT2D eigenvalue weighted by Crippen LogP contribution is -2.29. The van der Waals surface area contributed by atoms with Gasteiger partial charge in [0.2, 0.25) is 10.0 Å². The summed E-state index contributed by atoms with van der Waals surface area (Å²) >= 11 is 5.84. The first-order chi connectivity index (χ1) is 17.1. The smallest absolute Gasteiger partial charge is 0.229 e. The number of hydrogen-bond donors (Lipinski definition) is 2. The summed E-state index contributed by atoms with van der Waals surface area (Å²) < 4.78 is 39.2. The Bertz CT molecular complexity index is 1360. The first kappa shape index (κ1) is 25.9. The lowest BCUT2D eigenvalue weighted by molar-refractivity contribution is 0.186. The van der Waals surface area contributed by atoms with Crippen molar-refractivity contribution in [2.75, 3.05) is 36.7 Å². The van der Waals surface area contributed by atoms with Crippen LogP contribution in [-0.2, 0) is 21.3 Å². The highest BCUT2D eigenvalue weighted by atomic mass is 32.2. The molecule has 0 unspecified atom stereocenters. The summed E-state index contributed by atoms with van der Waals surface area (Å²) in [6.07, 6.45) is 2.88.